The average Bonchev–Trinajstić information content (AvgIpc) is 3.02. The molecule has 0 atom stereocenters. The van der Waals surface area contributed by atoms with Crippen molar-refractivity contribution in [1.82, 2.24) is 15.1 Å². The van der Waals surface area contributed by atoms with Crippen LogP contribution in [0.2, 0.25) is 0 Å². The number of hydrogen-bond donors (Lipinski definition) is 1. The summed E-state index contributed by atoms with van der Waals surface area (Å²) in [5, 5.41) is 6.67. The number of aryl methyl sites for hydroxylation is 1. The number of aromatic nitrogens is 3. The summed E-state index contributed by atoms with van der Waals surface area (Å²) in [5.74, 6) is 0.719. The van der Waals surface area contributed by atoms with Crippen molar-refractivity contribution in [3.63, 3.8) is 0 Å². The number of amides is 1. The zero-order chi connectivity index (χ0) is 16.9. The lowest BCUT2D eigenvalue weighted by Gasteiger charge is -2.12. The molecular weight excluding hydrogens is 312 g/mol. The van der Waals surface area contributed by atoms with Crippen molar-refractivity contribution in [2.24, 2.45) is 0 Å². The van der Waals surface area contributed by atoms with E-state index in [1.165, 1.54) is 6.20 Å². The first-order valence-corrected chi connectivity index (χ1v) is 8.14. The molecule has 1 N–H and O–H groups in total. The highest BCUT2D eigenvalue weighted by Crippen LogP contribution is 2.27. The van der Waals surface area contributed by atoms with E-state index in [1.54, 1.807) is 0 Å². The molecule has 0 saturated carbocycles. The van der Waals surface area contributed by atoms with Crippen molar-refractivity contribution in [1.29, 1.82) is 0 Å². The summed E-state index contributed by atoms with van der Waals surface area (Å²) in [6.07, 6.45) is 5.19. The highest BCUT2D eigenvalue weighted by atomic mass is 16.5. The third-order valence-electron chi connectivity index (χ3n) is 3.70. The Labute approximate surface area is 139 Å². The van der Waals surface area contributed by atoms with Crippen LogP contribution >= 0.6 is 0 Å². The molecule has 2 heterocycles. The van der Waals surface area contributed by atoms with Crippen LogP contribution in [-0.2, 0) is 12.8 Å². The number of nitrogens with zero attached hydrogens (tertiary/aromatic N) is 3. The molecule has 8 heteroatoms. The number of anilines is 1. The normalized spacial score (nSPS) is 13.2. The minimum atomic E-state index is -0.351. The van der Waals surface area contributed by atoms with E-state index in [9.17, 15) is 4.79 Å². The van der Waals surface area contributed by atoms with E-state index in [0.29, 0.717) is 24.6 Å². The van der Waals surface area contributed by atoms with Crippen LogP contribution in [-0.4, -0.2) is 34.2 Å². The van der Waals surface area contributed by atoms with E-state index in [0.717, 1.165) is 37.0 Å². The molecule has 0 radical (unpaired) electrons. The van der Waals surface area contributed by atoms with Gasteiger partial charge in [0.25, 0.3) is 5.91 Å². The van der Waals surface area contributed by atoms with Gasteiger partial charge in [0.2, 0.25) is 5.88 Å². The van der Waals surface area contributed by atoms with E-state index in [1.807, 2.05) is 13.8 Å². The topological polar surface area (TPSA) is 99.4 Å². The lowest BCUT2D eigenvalue weighted by molar-refractivity contribution is 0.101. The van der Waals surface area contributed by atoms with Crippen molar-refractivity contribution in [3.05, 3.63) is 23.2 Å². The van der Waals surface area contributed by atoms with E-state index in [-0.39, 0.29) is 17.8 Å². The summed E-state index contributed by atoms with van der Waals surface area (Å²) < 4.78 is 16.0. The molecule has 2 aromatic rings. The first-order valence-electron chi connectivity index (χ1n) is 8.14. The second-order valence-corrected chi connectivity index (χ2v) is 5.33. The predicted molar refractivity (Wildman–Crippen MR) is 85.5 cm³/mol. The lowest BCUT2D eigenvalue weighted by atomic mass is 9.96. The lowest BCUT2D eigenvalue weighted by Crippen LogP contribution is -2.17. The first-order chi connectivity index (χ1) is 11.7. The van der Waals surface area contributed by atoms with Crippen molar-refractivity contribution in [2.45, 2.75) is 39.5 Å². The molecule has 2 aromatic heterocycles. The summed E-state index contributed by atoms with van der Waals surface area (Å²) in [4.78, 5) is 20.8. The van der Waals surface area contributed by atoms with Crippen molar-refractivity contribution in [3.8, 4) is 11.9 Å². The fourth-order valence-electron chi connectivity index (χ4n) is 2.63. The van der Waals surface area contributed by atoms with Crippen LogP contribution in [0.4, 0.5) is 5.69 Å². The maximum atomic E-state index is 12.5. The molecule has 0 spiro atoms. The summed E-state index contributed by atoms with van der Waals surface area (Å²) >= 11 is 0. The highest BCUT2D eigenvalue weighted by molar-refractivity contribution is 6.04. The number of carbonyl (C=O) groups is 1. The Bertz CT molecular complexity index is 729. The largest absolute Gasteiger partial charge is 0.476 e. The second-order valence-electron chi connectivity index (χ2n) is 5.33. The van der Waals surface area contributed by atoms with Gasteiger partial charge in [-0.05, 0) is 33.1 Å². The van der Waals surface area contributed by atoms with Crippen LogP contribution in [0.3, 0.4) is 0 Å². The molecule has 0 unspecified atom stereocenters. The van der Waals surface area contributed by atoms with Crippen LogP contribution in [0.25, 0.3) is 0 Å². The Kier molecular flexibility index (Phi) is 4.93. The zero-order valence-corrected chi connectivity index (χ0v) is 13.8. The average molecular weight is 332 g/mol. The molecule has 1 aliphatic rings. The zero-order valence-electron chi connectivity index (χ0n) is 13.8. The second kappa shape index (κ2) is 7.29. The number of ether oxygens (including phenoxy) is 2. The fourth-order valence-corrected chi connectivity index (χ4v) is 2.63. The van der Waals surface area contributed by atoms with Crippen LogP contribution < -0.4 is 14.8 Å². The van der Waals surface area contributed by atoms with Crippen LogP contribution in [0.15, 0.2) is 10.7 Å². The Balaban J connectivity index is 1.82. The summed E-state index contributed by atoms with van der Waals surface area (Å²) in [6.45, 7) is 4.53. The van der Waals surface area contributed by atoms with Gasteiger partial charge in [-0.2, -0.15) is 4.98 Å². The number of rotatable bonds is 6. The summed E-state index contributed by atoms with van der Waals surface area (Å²) in [5.41, 5.74) is 1.59. The van der Waals surface area contributed by atoms with Gasteiger partial charge in [0, 0.05) is 12.0 Å². The van der Waals surface area contributed by atoms with Gasteiger partial charge < -0.3 is 19.3 Å². The van der Waals surface area contributed by atoms with Gasteiger partial charge in [0.05, 0.1) is 19.4 Å². The Morgan fingerprint density at radius 3 is 2.83 bits per heavy atom. The minimum Gasteiger partial charge on any atom is -0.476 e. The molecule has 0 fully saturated rings. The summed E-state index contributed by atoms with van der Waals surface area (Å²) in [7, 11) is 0. The SMILES string of the molecule is CCOc1ncc(NC(=O)c2noc3c2CCCC3)c(OCC)n1. The predicted octanol–water partition coefficient (Wildman–Crippen LogP) is 2.39. The number of carbonyl (C=O) groups excluding carboxylic acids is 1. The smallest absolute Gasteiger partial charge is 0.319 e. The van der Waals surface area contributed by atoms with E-state index in [4.69, 9.17) is 14.0 Å². The molecule has 0 bridgehead atoms. The summed E-state index contributed by atoms with van der Waals surface area (Å²) in [6, 6.07) is 0.206. The molecular formula is C16H20N4O4. The van der Waals surface area contributed by atoms with Gasteiger partial charge in [-0.25, -0.2) is 4.98 Å². The Morgan fingerprint density at radius 2 is 2.04 bits per heavy atom. The number of hydrogen-bond acceptors (Lipinski definition) is 7. The van der Waals surface area contributed by atoms with Gasteiger partial charge in [-0.1, -0.05) is 5.16 Å². The quantitative estimate of drug-likeness (QED) is 0.867. The first kappa shape index (κ1) is 16.2. The minimum absolute atomic E-state index is 0.206. The standard InChI is InChI=1S/C16H20N4O4/c1-3-22-15-11(9-17-16(19-15)23-4-2)18-14(21)13-10-7-5-6-8-12(10)24-20-13/h9H,3-8H2,1-2H3,(H,18,21). The molecule has 0 aromatic carbocycles. The van der Waals surface area contributed by atoms with Crippen molar-refractivity contribution < 1.29 is 18.8 Å². The molecule has 8 nitrogen and oxygen atoms in total. The van der Waals surface area contributed by atoms with Gasteiger partial charge in [0.15, 0.2) is 5.69 Å². The third-order valence-corrected chi connectivity index (χ3v) is 3.70. The fraction of sp³-hybridized carbons (Fsp3) is 0.500. The molecule has 3 rings (SSSR count). The maximum Gasteiger partial charge on any atom is 0.319 e. The van der Waals surface area contributed by atoms with Crippen LogP contribution in [0, 0.1) is 0 Å². The number of nitrogens with one attached hydrogen (secondary N) is 1. The molecule has 1 aliphatic carbocycles. The van der Waals surface area contributed by atoms with Gasteiger partial charge in [0.1, 0.15) is 11.4 Å². The molecule has 24 heavy (non-hydrogen) atoms. The van der Waals surface area contributed by atoms with E-state index < -0.39 is 0 Å². The van der Waals surface area contributed by atoms with Crippen molar-refractivity contribution in [2.75, 3.05) is 18.5 Å². The van der Waals surface area contributed by atoms with Crippen LogP contribution in [0.5, 0.6) is 11.9 Å². The van der Waals surface area contributed by atoms with Crippen molar-refractivity contribution >= 4 is 11.6 Å². The number of fused-ring (bicyclic) bond motifs is 1. The highest BCUT2D eigenvalue weighted by Gasteiger charge is 2.25. The molecule has 128 valence electrons. The van der Waals surface area contributed by atoms with Gasteiger partial charge in [-0.15, -0.1) is 0 Å². The van der Waals surface area contributed by atoms with Crippen LogP contribution in [0.1, 0.15) is 48.5 Å². The Morgan fingerprint density at radius 1 is 1.25 bits per heavy atom. The molecule has 1 amide bonds. The van der Waals surface area contributed by atoms with Gasteiger partial charge in [-0.3, -0.25) is 4.79 Å². The molecule has 0 aliphatic heterocycles. The third kappa shape index (κ3) is 3.32. The van der Waals surface area contributed by atoms with E-state index >= 15 is 0 Å². The Hall–Kier alpha value is -2.64. The van der Waals surface area contributed by atoms with E-state index in [2.05, 4.69) is 20.4 Å². The van der Waals surface area contributed by atoms with Gasteiger partial charge >= 0.3 is 6.01 Å². The maximum absolute atomic E-state index is 12.5. The monoisotopic (exact) mass is 332 g/mol. The molecule has 0 saturated heterocycles.